The second-order valence-electron chi connectivity index (χ2n) is 9.11. The van der Waals surface area contributed by atoms with E-state index in [0.717, 1.165) is 54.4 Å². The van der Waals surface area contributed by atoms with E-state index in [4.69, 9.17) is 0 Å². The Balaban J connectivity index is 0.00000222. The van der Waals surface area contributed by atoms with Crippen molar-refractivity contribution in [1.29, 1.82) is 0 Å². The van der Waals surface area contributed by atoms with Crippen LogP contribution in [0.15, 0.2) is 61.3 Å². The molecule has 0 aliphatic rings. The Kier molecular flexibility index (Phi) is 11.5. The van der Waals surface area contributed by atoms with Gasteiger partial charge in [0.05, 0.1) is 17.6 Å². The minimum absolute atomic E-state index is 0.846. The van der Waals surface area contributed by atoms with Gasteiger partial charge in [0.2, 0.25) is 0 Å². The Morgan fingerprint density at radius 3 is 2.39 bits per heavy atom. The van der Waals surface area contributed by atoms with Crippen LogP contribution >= 0.6 is 0 Å². The van der Waals surface area contributed by atoms with E-state index in [-0.39, 0.29) is 0 Å². The van der Waals surface area contributed by atoms with Crippen LogP contribution < -0.4 is 10.6 Å². The summed E-state index contributed by atoms with van der Waals surface area (Å²) in [5, 5.41) is 11.4. The van der Waals surface area contributed by atoms with Gasteiger partial charge in [0.1, 0.15) is 5.82 Å². The van der Waals surface area contributed by atoms with E-state index in [1.807, 2.05) is 31.8 Å². The smallest absolute Gasteiger partial charge is 0.128 e. The van der Waals surface area contributed by atoms with E-state index >= 15 is 0 Å². The highest BCUT2D eigenvalue weighted by atomic mass is 15.3. The zero-order valence-electron chi connectivity index (χ0n) is 23.6. The van der Waals surface area contributed by atoms with E-state index in [1.54, 1.807) is 0 Å². The van der Waals surface area contributed by atoms with Crippen molar-refractivity contribution < 1.29 is 0 Å². The topological polar surface area (TPSA) is 45.1 Å². The molecule has 0 bridgehead atoms. The van der Waals surface area contributed by atoms with Gasteiger partial charge in [0, 0.05) is 20.1 Å². The number of rotatable bonds is 11. The maximum Gasteiger partial charge on any atom is 0.128 e. The molecule has 3 aromatic rings. The average Bonchev–Trinajstić information content (AvgIpc) is 3.25. The van der Waals surface area contributed by atoms with Gasteiger partial charge in [-0.25, -0.2) is 4.68 Å². The summed E-state index contributed by atoms with van der Waals surface area (Å²) in [7, 11) is 4.10. The lowest BCUT2D eigenvalue weighted by molar-refractivity contribution is 0.321. The Morgan fingerprint density at radius 2 is 1.75 bits per heavy atom. The summed E-state index contributed by atoms with van der Waals surface area (Å²) in [6, 6.07) is 15.1. The molecule has 5 heteroatoms. The number of anilines is 1. The first-order valence-electron chi connectivity index (χ1n) is 13.0. The number of nitrogens with zero attached hydrogens (tertiary/aromatic N) is 3. The molecule has 0 atom stereocenters. The second kappa shape index (κ2) is 14.3. The molecule has 2 aromatic carbocycles. The van der Waals surface area contributed by atoms with Gasteiger partial charge in [-0.15, -0.1) is 0 Å². The Morgan fingerprint density at radius 1 is 1.03 bits per heavy atom. The first-order chi connectivity index (χ1) is 17.3. The van der Waals surface area contributed by atoms with Crippen LogP contribution in [0, 0.1) is 27.7 Å². The molecular formula is C31H45N5. The van der Waals surface area contributed by atoms with Crippen LogP contribution in [-0.2, 0) is 6.54 Å². The second-order valence-corrected chi connectivity index (χ2v) is 9.11. The van der Waals surface area contributed by atoms with Crippen LogP contribution in [0.5, 0.6) is 0 Å². The molecule has 0 saturated heterocycles. The van der Waals surface area contributed by atoms with E-state index < -0.39 is 0 Å². The summed E-state index contributed by atoms with van der Waals surface area (Å²) in [6.07, 6.45) is 4.98. The molecule has 0 radical (unpaired) electrons. The van der Waals surface area contributed by atoms with Gasteiger partial charge >= 0.3 is 0 Å². The molecule has 36 heavy (non-hydrogen) atoms. The summed E-state index contributed by atoms with van der Waals surface area (Å²) in [4.78, 5) is 2.37. The third kappa shape index (κ3) is 7.85. The Labute approximate surface area is 218 Å². The molecule has 194 valence electrons. The Bertz CT molecular complexity index is 1160. The fourth-order valence-corrected chi connectivity index (χ4v) is 4.12. The number of benzene rings is 2. The monoisotopic (exact) mass is 487 g/mol. The molecule has 0 spiro atoms. The van der Waals surface area contributed by atoms with E-state index in [0.29, 0.717) is 0 Å². The molecule has 1 aromatic heterocycles. The number of allylic oxidation sites excluding steroid dienone is 2. The summed E-state index contributed by atoms with van der Waals surface area (Å²) < 4.78 is 1.95. The molecule has 0 amide bonds. The van der Waals surface area contributed by atoms with Crippen molar-refractivity contribution in [3.63, 3.8) is 0 Å². The highest BCUT2D eigenvalue weighted by Gasteiger charge is 2.11. The van der Waals surface area contributed by atoms with Crippen LogP contribution in [0.3, 0.4) is 0 Å². The molecule has 3 rings (SSSR count). The van der Waals surface area contributed by atoms with Crippen molar-refractivity contribution in [2.45, 2.75) is 54.5 Å². The van der Waals surface area contributed by atoms with Crippen molar-refractivity contribution in [1.82, 2.24) is 20.0 Å². The van der Waals surface area contributed by atoms with Gasteiger partial charge in [0.15, 0.2) is 0 Å². The number of hydrogen-bond acceptors (Lipinski definition) is 4. The van der Waals surface area contributed by atoms with Crippen LogP contribution in [0.25, 0.3) is 11.4 Å². The van der Waals surface area contributed by atoms with Crippen molar-refractivity contribution >= 4 is 17.1 Å². The zero-order valence-corrected chi connectivity index (χ0v) is 23.6. The lowest BCUT2D eigenvalue weighted by Crippen LogP contribution is -2.25. The minimum atomic E-state index is 0.846. The zero-order chi connectivity index (χ0) is 26.7. The maximum atomic E-state index is 4.61. The Hall–Kier alpha value is -3.31. The average molecular weight is 488 g/mol. The van der Waals surface area contributed by atoms with Gasteiger partial charge in [-0.1, -0.05) is 62.9 Å². The SMILES string of the molecule is C=C(/C=C(/NCCCN(C)Cc1ccc(C)c(C)c1)n1ncc(NC)c1C)c1ccccc1C.CC. The highest BCUT2D eigenvalue weighted by molar-refractivity contribution is 5.79. The third-order valence-electron chi connectivity index (χ3n) is 6.36. The lowest BCUT2D eigenvalue weighted by atomic mass is 10.0. The molecule has 1 heterocycles. The lowest BCUT2D eigenvalue weighted by Gasteiger charge is -2.19. The fraction of sp³-hybridized carbons (Fsp3) is 0.387. The summed E-state index contributed by atoms with van der Waals surface area (Å²) >= 11 is 0. The van der Waals surface area contributed by atoms with Crippen LogP contribution in [-0.4, -0.2) is 41.9 Å². The fourth-order valence-electron chi connectivity index (χ4n) is 4.12. The quantitative estimate of drug-likeness (QED) is 0.230. The van der Waals surface area contributed by atoms with Crippen molar-refractivity contribution in [2.75, 3.05) is 32.5 Å². The molecule has 2 N–H and O–H groups in total. The number of aryl methyl sites for hydroxylation is 3. The molecular weight excluding hydrogens is 442 g/mol. The van der Waals surface area contributed by atoms with Gasteiger partial charge in [-0.2, -0.15) is 5.10 Å². The van der Waals surface area contributed by atoms with Crippen molar-refractivity contribution in [3.05, 3.63) is 94.8 Å². The van der Waals surface area contributed by atoms with E-state index in [1.165, 1.54) is 22.3 Å². The molecule has 0 saturated carbocycles. The van der Waals surface area contributed by atoms with Crippen LogP contribution in [0.1, 0.15) is 53.8 Å². The normalized spacial score (nSPS) is 11.2. The summed E-state index contributed by atoms with van der Waals surface area (Å²) in [5.41, 5.74) is 9.46. The van der Waals surface area contributed by atoms with Crippen molar-refractivity contribution in [2.24, 2.45) is 0 Å². The summed E-state index contributed by atoms with van der Waals surface area (Å²) in [6.45, 7) is 19.7. The number of hydrogen-bond donors (Lipinski definition) is 2. The largest absolute Gasteiger partial charge is 0.385 e. The highest BCUT2D eigenvalue weighted by Crippen LogP contribution is 2.22. The minimum Gasteiger partial charge on any atom is -0.385 e. The van der Waals surface area contributed by atoms with Gasteiger partial charge < -0.3 is 15.5 Å². The van der Waals surface area contributed by atoms with Gasteiger partial charge in [-0.05, 0) is 87.2 Å². The predicted octanol–water partition coefficient (Wildman–Crippen LogP) is 6.81. The predicted molar refractivity (Wildman–Crippen MR) is 157 cm³/mol. The van der Waals surface area contributed by atoms with Crippen LogP contribution in [0.2, 0.25) is 0 Å². The number of nitrogens with one attached hydrogen (secondary N) is 2. The van der Waals surface area contributed by atoms with Gasteiger partial charge in [0.25, 0.3) is 0 Å². The number of aromatic nitrogens is 2. The van der Waals surface area contributed by atoms with E-state index in [2.05, 4.69) is 110 Å². The molecule has 0 aliphatic heterocycles. The van der Waals surface area contributed by atoms with Gasteiger partial charge in [-0.3, -0.25) is 0 Å². The van der Waals surface area contributed by atoms with E-state index in [9.17, 15) is 0 Å². The first-order valence-corrected chi connectivity index (χ1v) is 13.0. The molecule has 0 fully saturated rings. The standard InChI is InChI=1S/C29H39N5.C2H6/c1-21-13-14-26(17-23(21)3)20-33(7)16-10-15-31-29(34-25(5)28(30-6)19-32-34)18-24(4)27-12-9-8-11-22(27)2;1-2/h8-9,11-14,17-19,30-31H,4,10,15-16,20H2,1-3,5-7H3;1-2H3/b29-18-;. The maximum absolute atomic E-state index is 4.61. The first kappa shape index (κ1) is 28.9. The molecule has 0 aliphatic carbocycles. The molecule has 5 nitrogen and oxygen atoms in total. The molecule has 0 unspecified atom stereocenters. The van der Waals surface area contributed by atoms with Crippen LogP contribution in [0.4, 0.5) is 5.69 Å². The van der Waals surface area contributed by atoms with Crippen molar-refractivity contribution in [3.8, 4) is 0 Å². The third-order valence-corrected chi connectivity index (χ3v) is 6.36. The summed E-state index contributed by atoms with van der Waals surface area (Å²) in [5.74, 6) is 0.934.